The first kappa shape index (κ1) is 20.0. The van der Waals surface area contributed by atoms with E-state index in [0.29, 0.717) is 40.9 Å². The number of carbonyl (C=O) groups excluding carboxylic acids is 1. The fraction of sp³-hybridized carbons (Fsp3) is 0.421. The van der Waals surface area contributed by atoms with Crippen LogP contribution in [0.15, 0.2) is 27.6 Å². The summed E-state index contributed by atoms with van der Waals surface area (Å²) in [5, 5.41) is 6.04. The van der Waals surface area contributed by atoms with Gasteiger partial charge in [0.2, 0.25) is 5.91 Å². The summed E-state index contributed by atoms with van der Waals surface area (Å²) < 4.78 is 7.42. The van der Waals surface area contributed by atoms with Gasteiger partial charge in [-0.3, -0.25) is 14.2 Å². The number of thioether (sulfide) groups is 1. The number of rotatable bonds is 5. The van der Waals surface area contributed by atoms with Gasteiger partial charge in [-0.2, -0.15) is 0 Å². The topological polar surface area (TPSA) is 99.0 Å². The third-order valence-corrected chi connectivity index (χ3v) is 6.28. The molecule has 0 spiro atoms. The van der Waals surface area contributed by atoms with Gasteiger partial charge >= 0.3 is 0 Å². The highest BCUT2D eigenvalue weighted by Gasteiger charge is 2.28. The van der Waals surface area contributed by atoms with Gasteiger partial charge in [-0.15, -0.1) is 11.3 Å². The molecule has 1 amide bonds. The zero-order chi connectivity index (χ0) is 20.6. The van der Waals surface area contributed by atoms with Crippen LogP contribution in [-0.2, 0) is 29.1 Å². The number of fused-ring (bicyclic) bond motifs is 2. The average Bonchev–Trinajstić information content (AvgIpc) is 3.17. The van der Waals surface area contributed by atoms with Gasteiger partial charge in [0.25, 0.3) is 5.56 Å². The minimum atomic E-state index is -0.294. The molecule has 0 bridgehead atoms. The largest absolute Gasteiger partial charge is 0.370 e. The molecule has 8 nitrogen and oxygen atoms in total. The standard InChI is InChI=1S/C19H21N5O3S2/c1-4-24-16(26)12-7-11-9-27-19(2,3)8-13(11)21-15(12)23-18(24)29-10-14(25)22-17-20-5-6-28-17/h5-7H,4,8-10H2,1-3H3,(H,20,22,25). The Bertz CT molecular complexity index is 1130. The van der Waals surface area contributed by atoms with Gasteiger partial charge < -0.3 is 10.1 Å². The number of nitrogens with one attached hydrogen (secondary N) is 1. The second-order valence-electron chi connectivity index (χ2n) is 7.31. The third-order valence-electron chi connectivity index (χ3n) is 4.62. The summed E-state index contributed by atoms with van der Waals surface area (Å²) in [5.74, 6) is -0.0668. The second kappa shape index (κ2) is 7.85. The van der Waals surface area contributed by atoms with E-state index in [-0.39, 0.29) is 22.8 Å². The molecule has 0 saturated heterocycles. The van der Waals surface area contributed by atoms with Crippen molar-refractivity contribution in [2.45, 2.75) is 51.1 Å². The lowest BCUT2D eigenvalue weighted by molar-refractivity contribution is -0.113. The number of pyridine rings is 1. The van der Waals surface area contributed by atoms with E-state index in [0.717, 1.165) is 11.3 Å². The molecule has 152 valence electrons. The molecule has 3 aromatic rings. The number of carbonyl (C=O) groups is 1. The number of aromatic nitrogens is 4. The Kier molecular flexibility index (Phi) is 5.41. The number of nitrogens with zero attached hydrogens (tertiary/aromatic N) is 4. The highest BCUT2D eigenvalue weighted by Crippen LogP contribution is 2.28. The zero-order valence-electron chi connectivity index (χ0n) is 16.4. The minimum absolute atomic E-state index is 0.128. The Morgan fingerprint density at radius 3 is 2.97 bits per heavy atom. The van der Waals surface area contributed by atoms with Crippen molar-refractivity contribution in [2.24, 2.45) is 0 Å². The number of thiazole rings is 1. The maximum Gasteiger partial charge on any atom is 0.263 e. The van der Waals surface area contributed by atoms with Crippen molar-refractivity contribution < 1.29 is 9.53 Å². The average molecular weight is 432 g/mol. The molecule has 3 aromatic heterocycles. The molecule has 0 aliphatic carbocycles. The molecule has 4 heterocycles. The van der Waals surface area contributed by atoms with E-state index in [2.05, 4.69) is 20.3 Å². The molecule has 1 aliphatic heterocycles. The highest BCUT2D eigenvalue weighted by molar-refractivity contribution is 7.99. The summed E-state index contributed by atoms with van der Waals surface area (Å²) in [4.78, 5) is 38.5. The fourth-order valence-electron chi connectivity index (χ4n) is 3.17. The highest BCUT2D eigenvalue weighted by atomic mass is 32.2. The van der Waals surface area contributed by atoms with Gasteiger partial charge in [-0.05, 0) is 26.8 Å². The molecule has 0 atom stereocenters. The molecular weight excluding hydrogens is 410 g/mol. The van der Waals surface area contributed by atoms with E-state index in [9.17, 15) is 9.59 Å². The lowest BCUT2D eigenvalue weighted by atomic mass is 9.95. The molecule has 0 fully saturated rings. The van der Waals surface area contributed by atoms with Crippen LogP contribution in [0.4, 0.5) is 5.13 Å². The summed E-state index contributed by atoms with van der Waals surface area (Å²) in [6.07, 6.45) is 2.29. The minimum Gasteiger partial charge on any atom is -0.370 e. The molecule has 0 radical (unpaired) electrons. The van der Waals surface area contributed by atoms with E-state index in [1.54, 1.807) is 16.1 Å². The summed E-state index contributed by atoms with van der Waals surface area (Å²) in [7, 11) is 0. The molecule has 0 saturated carbocycles. The van der Waals surface area contributed by atoms with Crippen LogP contribution in [0.2, 0.25) is 0 Å². The van der Waals surface area contributed by atoms with Crippen LogP contribution in [0.5, 0.6) is 0 Å². The summed E-state index contributed by atoms with van der Waals surface area (Å²) in [6, 6.07) is 1.85. The first-order valence-electron chi connectivity index (χ1n) is 9.26. The first-order valence-corrected chi connectivity index (χ1v) is 11.1. The molecule has 1 N–H and O–H groups in total. The van der Waals surface area contributed by atoms with Crippen molar-refractivity contribution in [1.29, 1.82) is 0 Å². The van der Waals surface area contributed by atoms with Crippen LogP contribution >= 0.6 is 23.1 Å². The summed E-state index contributed by atoms with van der Waals surface area (Å²) in [6.45, 7) is 6.81. The van der Waals surface area contributed by atoms with E-state index in [1.807, 2.05) is 26.8 Å². The van der Waals surface area contributed by atoms with Crippen molar-refractivity contribution in [3.63, 3.8) is 0 Å². The normalized spacial score (nSPS) is 15.3. The van der Waals surface area contributed by atoms with Crippen LogP contribution in [0.3, 0.4) is 0 Å². The summed E-state index contributed by atoms with van der Waals surface area (Å²) in [5.41, 5.74) is 1.81. The predicted octanol–water partition coefficient (Wildman–Crippen LogP) is 2.85. The Morgan fingerprint density at radius 2 is 2.24 bits per heavy atom. The van der Waals surface area contributed by atoms with Crippen molar-refractivity contribution in [3.8, 4) is 0 Å². The Labute approximate surface area is 175 Å². The molecular formula is C19H21N5O3S2. The molecule has 4 rings (SSSR count). The molecule has 1 aliphatic rings. The second-order valence-corrected chi connectivity index (χ2v) is 9.15. The number of anilines is 1. The quantitative estimate of drug-likeness (QED) is 0.490. The number of hydrogen-bond donors (Lipinski definition) is 1. The summed E-state index contributed by atoms with van der Waals surface area (Å²) >= 11 is 2.57. The Balaban J connectivity index is 1.64. The SMILES string of the molecule is CCn1c(SCC(=O)Nc2nccs2)nc2nc3c(cc2c1=O)COC(C)(C)C3. The monoisotopic (exact) mass is 431 g/mol. The molecule has 29 heavy (non-hydrogen) atoms. The number of hydrogen-bond acceptors (Lipinski definition) is 8. The van der Waals surface area contributed by atoms with Gasteiger partial charge in [0, 0.05) is 30.1 Å². The fourth-order valence-corrected chi connectivity index (χ4v) is 4.57. The van der Waals surface area contributed by atoms with Crippen LogP contribution in [0.1, 0.15) is 32.0 Å². The van der Waals surface area contributed by atoms with Gasteiger partial charge in [-0.1, -0.05) is 11.8 Å². The van der Waals surface area contributed by atoms with Crippen LogP contribution in [-0.4, -0.2) is 36.8 Å². The zero-order valence-corrected chi connectivity index (χ0v) is 18.0. The maximum atomic E-state index is 13.0. The molecule has 10 heteroatoms. The van der Waals surface area contributed by atoms with E-state index >= 15 is 0 Å². The van der Waals surface area contributed by atoms with E-state index in [4.69, 9.17) is 4.74 Å². The first-order chi connectivity index (χ1) is 13.9. The predicted molar refractivity (Wildman–Crippen MR) is 114 cm³/mol. The Hall–Kier alpha value is -2.30. The molecule has 0 aromatic carbocycles. The van der Waals surface area contributed by atoms with Gasteiger partial charge in [-0.25, -0.2) is 15.0 Å². The van der Waals surface area contributed by atoms with Gasteiger partial charge in [0.05, 0.1) is 29.0 Å². The molecule has 0 unspecified atom stereocenters. The van der Waals surface area contributed by atoms with Gasteiger partial charge in [0.15, 0.2) is 15.9 Å². The number of ether oxygens (including phenoxy) is 1. The lowest BCUT2D eigenvalue weighted by Crippen LogP contribution is -2.33. The van der Waals surface area contributed by atoms with Gasteiger partial charge in [0.1, 0.15) is 0 Å². The smallest absolute Gasteiger partial charge is 0.263 e. The van der Waals surface area contributed by atoms with Crippen molar-refractivity contribution in [1.82, 2.24) is 19.5 Å². The van der Waals surface area contributed by atoms with Crippen molar-refractivity contribution in [2.75, 3.05) is 11.1 Å². The van der Waals surface area contributed by atoms with E-state index in [1.165, 1.54) is 23.1 Å². The Morgan fingerprint density at radius 1 is 1.41 bits per heavy atom. The van der Waals surface area contributed by atoms with E-state index < -0.39 is 0 Å². The van der Waals surface area contributed by atoms with Crippen molar-refractivity contribution in [3.05, 3.63) is 39.3 Å². The van der Waals surface area contributed by atoms with Crippen LogP contribution in [0.25, 0.3) is 11.0 Å². The third kappa shape index (κ3) is 4.19. The maximum absolute atomic E-state index is 13.0. The van der Waals surface area contributed by atoms with Crippen LogP contribution < -0.4 is 10.9 Å². The van der Waals surface area contributed by atoms with Crippen LogP contribution in [0, 0.1) is 0 Å². The van der Waals surface area contributed by atoms with Crippen molar-refractivity contribution >= 4 is 45.2 Å². The lowest BCUT2D eigenvalue weighted by Gasteiger charge is -2.31. The number of amides is 1.